The van der Waals surface area contributed by atoms with Crippen LogP contribution in [0.1, 0.15) is 47.5 Å². The second-order valence-electron chi connectivity index (χ2n) is 8.46. The summed E-state index contributed by atoms with van der Waals surface area (Å²) in [6, 6.07) is 10.8. The van der Waals surface area contributed by atoms with Crippen molar-refractivity contribution >= 4 is 21.6 Å². The third-order valence-electron chi connectivity index (χ3n) is 6.47. The van der Waals surface area contributed by atoms with Gasteiger partial charge in [-0.3, -0.25) is 4.79 Å². The quantitative estimate of drug-likeness (QED) is 0.715. The van der Waals surface area contributed by atoms with Crippen LogP contribution in [0.5, 0.6) is 0 Å². The average molecular weight is 395 g/mol. The number of aryl methyl sites for hydroxylation is 2. The van der Waals surface area contributed by atoms with E-state index >= 15 is 0 Å². The van der Waals surface area contributed by atoms with E-state index in [0.29, 0.717) is 0 Å². The molecule has 0 bridgehead atoms. The van der Waals surface area contributed by atoms with Gasteiger partial charge < -0.3 is 9.88 Å². The van der Waals surface area contributed by atoms with Gasteiger partial charge in [-0.2, -0.15) is 0 Å². The monoisotopic (exact) mass is 394 g/mol. The number of piperidine rings is 1. The fraction of sp³-hybridized carbons (Fsp3) is 0.478. The van der Waals surface area contributed by atoms with Crippen LogP contribution < -0.4 is 10.5 Å². The van der Waals surface area contributed by atoms with E-state index in [9.17, 15) is 4.79 Å². The third kappa shape index (κ3) is 3.65. The number of nitrogens with one attached hydrogen (secondary N) is 2. The maximum atomic E-state index is 12.7. The first-order chi connectivity index (χ1) is 13.8. The van der Waals surface area contributed by atoms with Crippen LogP contribution in [0.3, 0.4) is 0 Å². The van der Waals surface area contributed by atoms with Gasteiger partial charge in [0.25, 0.3) is 5.56 Å². The molecule has 1 aromatic carbocycles. The number of thiophene rings is 1. The Morgan fingerprint density at radius 3 is 2.71 bits per heavy atom. The normalized spacial score (nSPS) is 22.3. The number of likely N-dealkylation sites (tertiary alicyclic amines) is 1. The first kappa shape index (κ1) is 18.1. The van der Waals surface area contributed by atoms with Crippen molar-refractivity contribution in [2.75, 3.05) is 13.1 Å². The first-order valence-electron chi connectivity index (χ1n) is 10.7. The predicted molar refractivity (Wildman–Crippen MR) is 114 cm³/mol. The fourth-order valence-electron chi connectivity index (χ4n) is 4.94. The fourth-order valence-corrected chi connectivity index (χ4v) is 6.22. The van der Waals surface area contributed by atoms with Crippen LogP contribution >= 0.6 is 11.3 Å². The highest BCUT2D eigenvalue weighted by Crippen LogP contribution is 2.33. The second-order valence-corrected chi connectivity index (χ2v) is 9.55. The molecule has 3 aromatic rings. The summed E-state index contributed by atoms with van der Waals surface area (Å²) in [7, 11) is 0. The molecule has 0 radical (unpaired) electrons. The highest BCUT2D eigenvalue weighted by Gasteiger charge is 2.24. The Bertz CT molecular complexity index is 1020. The Labute approximate surface area is 169 Å². The smallest absolute Gasteiger partial charge is 0.260 e. The van der Waals surface area contributed by atoms with Crippen LogP contribution in [0, 0.1) is 5.92 Å². The molecule has 2 N–H and O–H groups in total. The molecule has 0 unspecified atom stereocenters. The van der Waals surface area contributed by atoms with Crippen molar-refractivity contribution in [2.45, 2.75) is 51.5 Å². The minimum Gasteiger partial charge on any atom is -0.329 e. The second kappa shape index (κ2) is 7.80. The van der Waals surface area contributed by atoms with Gasteiger partial charge in [-0.25, -0.2) is 4.98 Å². The molecule has 2 aromatic heterocycles. The zero-order chi connectivity index (χ0) is 18.9. The number of benzene rings is 1. The minimum atomic E-state index is 0.0813. The highest BCUT2D eigenvalue weighted by molar-refractivity contribution is 7.18. The van der Waals surface area contributed by atoms with Crippen LogP contribution in [0.4, 0.5) is 0 Å². The van der Waals surface area contributed by atoms with Gasteiger partial charge in [0.15, 0.2) is 5.82 Å². The maximum absolute atomic E-state index is 12.7. The first-order valence-corrected chi connectivity index (χ1v) is 11.5. The van der Waals surface area contributed by atoms with Crippen molar-refractivity contribution in [3.63, 3.8) is 0 Å². The molecular formula is C23H28N3OS+. The molecule has 1 aliphatic heterocycles. The van der Waals surface area contributed by atoms with Crippen LogP contribution in [0.25, 0.3) is 10.2 Å². The molecule has 1 aliphatic carbocycles. The van der Waals surface area contributed by atoms with E-state index in [4.69, 9.17) is 4.98 Å². The lowest BCUT2D eigenvalue weighted by atomic mass is 9.90. The van der Waals surface area contributed by atoms with Gasteiger partial charge in [-0.05, 0) is 62.0 Å². The van der Waals surface area contributed by atoms with E-state index < -0.39 is 0 Å². The summed E-state index contributed by atoms with van der Waals surface area (Å²) < 4.78 is 0. The Morgan fingerprint density at radius 2 is 1.89 bits per heavy atom. The summed E-state index contributed by atoms with van der Waals surface area (Å²) in [5, 5.41) is 0.875. The zero-order valence-electron chi connectivity index (χ0n) is 16.3. The Balaban J connectivity index is 1.26. The van der Waals surface area contributed by atoms with Gasteiger partial charge in [-0.1, -0.05) is 30.3 Å². The molecule has 5 rings (SSSR count). The number of fused-ring (bicyclic) bond motifs is 3. The van der Waals surface area contributed by atoms with Gasteiger partial charge >= 0.3 is 0 Å². The Morgan fingerprint density at radius 1 is 1.11 bits per heavy atom. The lowest BCUT2D eigenvalue weighted by Crippen LogP contribution is -3.11. The molecule has 3 heterocycles. The molecule has 4 nitrogen and oxygen atoms in total. The molecule has 5 heteroatoms. The summed E-state index contributed by atoms with van der Waals surface area (Å²) in [5.74, 6) is 1.65. The number of quaternary nitrogens is 1. The Kier molecular flexibility index (Phi) is 5.03. The SMILES string of the molecule is O=c1[nH]c(C[NH+]2CCC(Cc3ccccc3)CC2)nc2sc3c(c12)CCCC3. The van der Waals surface area contributed by atoms with E-state index in [0.717, 1.165) is 41.3 Å². The van der Waals surface area contributed by atoms with E-state index in [1.54, 1.807) is 16.2 Å². The number of aromatic amines is 1. The topological polar surface area (TPSA) is 50.2 Å². The number of hydrogen-bond acceptors (Lipinski definition) is 3. The molecule has 2 aliphatic rings. The summed E-state index contributed by atoms with van der Waals surface area (Å²) in [4.78, 5) is 24.6. The van der Waals surface area contributed by atoms with Crippen molar-refractivity contribution in [2.24, 2.45) is 5.92 Å². The van der Waals surface area contributed by atoms with Gasteiger partial charge in [0.05, 0.1) is 18.5 Å². The maximum Gasteiger partial charge on any atom is 0.260 e. The average Bonchev–Trinajstić information content (AvgIpc) is 3.09. The van der Waals surface area contributed by atoms with Crippen molar-refractivity contribution in [1.82, 2.24) is 9.97 Å². The Hall–Kier alpha value is -1.98. The number of aromatic nitrogens is 2. The molecular weight excluding hydrogens is 366 g/mol. The largest absolute Gasteiger partial charge is 0.329 e. The molecule has 28 heavy (non-hydrogen) atoms. The minimum absolute atomic E-state index is 0.0813. The van der Waals surface area contributed by atoms with Gasteiger partial charge in [0, 0.05) is 4.88 Å². The molecule has 0 spiro atoms. The van der Waals surface area contributed by atoms with Gasteiger partial charge in [0.1, 0.15) is 11.4 Å². The number of H-pyrrole nitrogens is 1. The van der Waals surface area contributed by atoms with E-state index in [2.05, 4.69) is 35.3 Å². The van der Waals surface area contributed by atoms with Crippen molar-refractivity contribution in [1.29, 1.82) is 0 Å². The van der Waals surface area contributed by atoms with Crippen molar-refractivity contribution < 1.29 is 4.90 Å². The summed E-state index contributed by atoms with van der Waals surface area (Å²) in [6.07, 6.45) is 8.30. The molecule has 1 saturated heterocycles. The third-order valence-corrected chi connectivity index (χ3v) is 7.66. The summed E-state index contributed by atoms with van der Waals surface area (Å²) in [5.41, 5.74) is 2.81. The molecule has 0 amide bonds. The predicted octanol–water partition coefficient (Wildman–Crippen LogP) is 2.90. The van der Waals surface area contributed by atoms with Crippen LogP contribution in [-0.2, 0) is 25.8 Å². The number of nitrogens with zero attached hydrogens (tertiary/aromatic N) is 1. The van der Waals surface area contributed by atoms with Crippen molar-refractivity contribution in [3.05, 3.63) is 62.5 Å². The number of rotatable bonds is 4. The van der Waals surface area contributed by atoms with Crippen molar-refractivity contribution in [3.8, 4) is 0 Å². The molecule has 0 atom stereocenters. The van der Waals surface area contributed by atoms with E-state index in [1.807, 2.05) is 0 Å². The van der Waals surface area contributed by atoms with E-state index in [-0.39, 0.29) is 5.56 Å². The lowest BCUT2D eigenvalue weighted by molar-refractivity contribution is -0.920. The van der Waals surface area contributed by atoms with Gasteiger partial charge in [-0.15, -0.1) is 11.3 Å². The summed E-state index contributed by atoms with van der Waals surface area (Å²) in [6.45, 7) is 3.17. The zero-order valence-corrected chi connectivity index (χ0v) is 17.1. The van der Waals surface area contributed by atoms with Crippen LogP contribution in [0.15, 0.2) is 35.1 Å². The molecule has 1 fully saturated rings. The summed E-state index contributed by atoms with van der Waals surface area (Å²) >= 11 is 1.75. The molecule has 146 valence electrons. The molecule has 0 saturated carbocycles. The van der Waals surface area contributed by atoms with E-state index in [1.165, 1.54) is 61.2 Å². The lowest BCUT2D eigenvalue weighted by Gasteiger charge is -2.29. The van der Waals surface area contributed by atoms with Gasteiger partial charge in [0.2, 0.25) is 0 Å². The van der Waals surface area contributed by atoms with Crippen LogP contribution in [0.2, 0.25) is 0 Å². The number of hydrogen-bond donors (Lipinski definition) is 2. The standard InChI is InChI=1S/C23H27N3OS/c27-22-21-18-8-4-5-9-19(18)28-23(21)25-20(24-22)15-26-12-10-17(11-13-26)14-16-6-2-1-3-7-16/h1-3,6-7,17H,4-5,8-15H2,(H,24,25,27)/p+1. The van der Waals surface area contributed by atoms with Crippen LogP contribution in [-0.4, -0.2) is 23.1 Å². The highest BCUT2D eigenvalue weighted by atomic mass is 32.1.